The predicted molar refractivity (Wildman–Crippen MR) is 98.6 cm³/mol. The number of hydrogen-bond donors (Lipinski definition) is 2. The largest absolute Gasteiger partial charge is 0.444 e. The number of carbonyl (C=O) groups is 1. The van der Waals surface area contributed by atoms with Gasteiger partial charge in [-0.3, -0.25) is 0 Å². The number of nitrogens with two attached hydrogens (primary N) is 1. The molecule has 8 heteroatoms. The highest BCUT2D eigenvalue weighted by Crippen LogP contribution is 2.55. The molecular weight excluding hydrogens is 364 g/mol. The molecule has 0 aromatic heterocycles. The van der Waals surface area contributed by atoms with Crippen molar-refractivity contribution in [2.45, 2.75) is 50.0 Å². The first kappa shape index (κ1) is 20.0. The summed E-state index contributed by atoms with van der Waals surface area (Å²) in [5, 5.41) is 2.42. The zero-order valence-corrected chi connectivity index (χ0v) is 16.4. The molecule has 0 aliphatic heterocycles. The van der Waals surface area contributed by atoms with Gasteiger partial charge in [0.1, 0.15) is 5.60 Å². The Balaban J connectivity index is 2.40. The lowest BCUT2D eigenvalue weighted by Crippen LogP contribution is -2.49. The summed E-state index contributed by atoms with van der Waals surface area (Å²) in [6, 6.07) is 6.96. The highest BCUT2D eigenvalue weighted by molar-refractivity contribution is 7.92. The van der Waals surface area contributed by atoms with Crippen molar-refractivity contribution in [3.8, 4) is 0 Å². The van der Waals surface area contributed by atoms with Gasteiger partial charge in [-0.1, -0.05) is 30.7 Å². The first-order chi connectivity index (χ1) is 11.5. The van der Waals surface area contributed by atoms with E-state index in [9.17, 15) is 13.2 Å². The average molecular weight is 389 g/mol. The van der Waals surface area contributed by atoms with Crippen LogP contribution in [0.1, 0.15) is 39.2 Å². The molecule has 1 fully saturated rings. The molecule has 0 bridgehead atoms. The summed E-state index contributed by atoms with van der Waals surface area (Å²) in [6.07, 6.45) is -0.682. The minimum Gasteiger partial charge on any atom is -0.444 e. The van der Waals surface area contributed by atoms with Gasteiger partial charge in [0.15, 0.2) is 9.84 Å². The van der Waals surface area contributed by atoms with Gasteiger partial charge in [0.05, 0.1) is 10.8 Å². The summed E-state index contributed by atoms with van der Waals surface area (Å²) in [4.78, 5) is 12.3. The number of halogens is 1. The zero-order chi connectivity index (χ0) is 19.0. The molecule has 3 atom stereocenters. The smallest absolute Gasteiger partial charge is 0.408 e. The van der Waals surface area contributed by atoms with E-state index in [1.54, 1.807) is 52.0 Å². The van der Waals surface area contributed by atoms with Crippen molar-refractivity contribution in [1.29, 1.82) is 0 Å². The Hall–Kier alpha value is -1.31. The quantitative estimate of drug-likeness (QED) is 0.807. The molecule has 1 aliphatic rings. The van der Waals surface area contributed by atoms with E-state index in [4.69, 9.17) is 22.1 Å². The molecule has 1 aromatic rings. The first-order valence-electron chi connectivity index (χ1n) is 8.15. The Labute approximate surface area is 154 Å². The Bertz CT molecular complexity index is 760. The second-order valence-electron chi connectivity index (χ2n) is 7.28. The molecule has 140 valence electrons. The van der Waals surface area contributed by atoms with Crippen molar-refractivity contribution < 1.29 is 17.9 Å². The summed E-state index contributed by atoms with van der Waals surface area (Å²) < 4.78 is 30.5. The van der Waals surface area contributed by atoms with E-state index in [1.165, 1.54) is 0 Å². The number of ether oxygens (including phenoxy) is 1. The lowest BCUT2D eigenvalue weighted by Gasteiger charge is -2.24. The van der Waals surface area contributed by atoms with Crippen molar-refractivity contribution in [3.05, 3.63) is 34.9 Å². The number of hydrogen-bond acceptors (Lipinski definition) is 5. The van der Waals surface area contributed by atoms with E-state index >= 15 is 0 Å². The van der Waals surface area contributed by atoms with E-state index in [0.717, 1.165) is 5.56 Å². The average Bonchev–Trinajstić information content (AvgIpc) is 3.15. The van der Waals surface area contributed by atoms with E-state index in [-0.39, 0.29) is 12.3 Å². The molecule has 0 unspecified atom stereocenters. The Kier molecular flexibility index (Phi) is 5.42. The fraction of sp³-hybridized carbons (Fsp3) is 0.588. The maximum absolute atomic E-state index is 12.6. The molecule has 1 amide bonds. The minimum absolute atomic E-state index is 0.0205. The zero-order valence-electron chi connectivity index (χ0n) is 14.9. The molecule has 0 saturated heterocycles. The van der Waals surface area contributed by atoms with Gasteiger partial charge in [-0.2, -0.15) is 0 Å². The van der Waals surface area contributed by atoms with Gasteiger partial charge in [0, 0.05) is 23.2 Å². The fourth-order valence-corrected chi connectivity index (χ4v) is 5.46. The van der Waals surface area contributed by atoms with Crippen molar-refractivity contribution in [2.24, 2.45) is 5.73 Å². The second-order valence-corrected chi connectivity index (χ2v) is 10.1. The molecule has 6 nitrogen and oxygen atoms in total. The second kappa shape index (κ2) is 6.78. The van der Waals surface area contributed by atoms with Gasteiger partial charge in [0.25, 0.3) is 0 Å². The first-order valence-corrected chi connectivity index (χ1v) is 10.2. The predicted octanol–water partition coefficient (Wildman–Crippen LogP) is 2.46. The van der Waals surface area contributed by atoms with Crippen LogP contribution in [0.25, 0.3) is 0 Å². The molecule has 1 aliphatic carbocycles. The molecule has 2 rings (SSSR count). The van der Waals surface area contributed by atoms with Gasteiger partial charge < -0.3 is 15.8 Å². The van der Waals surface area contributed by atoms with Crippen LogP contribution in [0.5, 0.6) is 0 Å². The monoisotopic (exact) mass is 388 g/mol. The van der Waals surface area contributed by atoms with Crippen molar-refractivity contribution in [1.82, 2.24) is 5.32 Å². The third-order valence-electron chi connectivity index (χ3n) is 4.32. The number of carbonyl (C=O) groups excluding carboxylic acids is 1. The Morgan fingerprint density at radius 3 is 2.52 bits per heavy atom. The molecule has 3 N–H and O–H groups in total. The van der Waals surface area contributed by atoms with Gasteiger partial charge in [-0.25, -0.2) is 13.2 Å². The third-order valence-corrected chi connectivity index (χ3v) is 6.83. The maximum atomic E-state index is 12.6. The van der Waals surface area contributed by atoms with Crippen LogP contribution in [0.15, 0.2) is 24.3 Å². The standard InChI is InChI=1S/C17H25ClN2O4S/c1-5-25(22,23)14-13(11-7-6-8-12(18)9-11)17(14,10-19)20-15(21)24-16(2,3)4/h6-9,13-14H,5,10,19H2,1-4H3,(H,20,21)/t13-,14+,17-/m0/s1. The Morgan fingerprint density at radius 1 is 1.40 bits per heavy atom. The van der Waals surface area contributed by atoms with Gasteiger partial charge >= 0.3 is 6.09 Å². The van der Waals surface area contributed by atoms with Gasteiger partial charge in [0.2, 0.25) is 0 Å². The third kappa shape index (κ3) is 4.10. The summed E-state index contributed by atoms with van der Waals surface area (Å²) in [5.41, 5.74) is 4.86. The number of alkyl carbamates (subject to hydrolysis) is 1. The number of amides is 1. The lowest BCUT2D eigenvalue weighted by molar-refractivity contribution is 0.0497. The highest BCUT2D eigenvalue weighted by atomic mass is 35.5. The van der Waals surface area contributed by atoms with E-state index in [1.807, 2.05) is 0 Å². The Morgan fingerprint density at radius 2 is 2.04 bits per heavy atom. The normalized spacial score (nSPS) is 26.2. The van der Waals surface area contributed by atoms with Crippen molar-refractivity contribution in [2.75, 3.05) is 12.3 Å². The molecule has 0 spiro atoms. The van der Waals surface area contributed by atoms with Crippen LogP contribution in [0.2, 0.25) is 5.02 Å². The molecule has 0 radical (unpaired) electrons. The van der Waals surface area contributed by atoms with Crippen molar-refractivity contribution >= 4 is 27.5 Å². The van der Waals surface area contributed by atoms with Gasteiger partial charge in [-0.05, 0) is 38.5 Å². The van der Waals surface area contributed by atoms with Crippen LogP contribution in [0.4, 0.5) is 4.79 Å². The van der Waals surface area contributed by atoms with E-state index in [2.05, 4.69) is 5.32 Å². The fourth-order valence-electron chi connectivity index (χ4n) is 3.22. The molecule has 25 heavy (non-hydrogen) atoms. The minimum atomic E-state index is -3.44. The summed E-state index contributed by atoms with van der Waals surface area (Å²) in [7, 11) is -3.44. The molecule has 1 aromatic carbocycles. The molecule has 1 saturated carbocycles. The lowest BCUT2D eigenvalue weighted by atomic mass is 10.1. The van der Waals surface area contributed by atoms with Crippen LogP contribution >= 0.6 is 11.6 Å². The number of rotatable bonds is 5. The van der Waals surface area contributed by atoms with E-state index < -0.39 is 38.2 Å². The number of sulfone groups is 1. The SMILES string of the molecule is CCS(=O)(=O)[C@@H]1[C@H](c2cccc(Cl)c2)[C@]1(CN)NC(=O)OC(C)(C)C. The van der Waals surface area contributed by atoms with Crippen LogP contribution in [-0.2, 0) is 14.6 Å². The van der Waals surface area contributed by atoms with Crippen LogP contribution in [0, 0.1) is 0 Å². The van der Waals surface area contributed by atoms with Crippen LogP contribution < -0.4 is 11.1 Å². The molecule has 0 heterocycles. The summed E-state index contributed by atoms with van der Waals surface area (Å²) >= 11 is 6.05. The summed E-state index contributed by atoms with van der Waals surface area (Å²) in [5.74, 6) is -0.499. The number of benzene rings is 1. The topological polar surface area (TPSA) is 98.5 Å². The van der Waals surface area contributed by atoms with Crippen LogP contribution in [-0.4, -0.2) is 43.2 Å². The van der Waals surface area contributed by atoms with Gasteiger partial charge in [-0.15, -0.1) is 0 Å². The molecular formula is C17H25ClN2O4S. The van der Waals surface area contributed by atoms with Crippen molar-refractivity contribution in [3.63, 3.8) is 0 Å². The maximum Gasteiger partial charge on any atom is 0.408 e. The highest BCUT2D eigenvalue weighted by Gasteiger charge is 2.71. The van der Waals surface area contributed by atoms with Crippen LogP contribution in [0.3, 0.4) is 0 Å². The number of nitrogens with one attached hydrogen (secondary N) is 1. The summed E-state index contributed by atoms with van der Waals surface area (Å²) in [6.45, 7) is 6.78. The van der Waals surface area contributed by atoms with E-state index in [0.29, 0.717) is 5.02 Å².